The average Bonchev–Trinajstić information content (AvgIpc) is 3.14. The van der Waals surface area contributed by atoms with E-state index in [1.807, 2.05) is 12.1 Å². The van der Waals surface area contributed by atoms with Gasteiger partial charge >= 0.3 is 0 Å². The maximum absolute atomic E-state index is 6.23. The Balaban J connectivity index is 1.81. The topological polar surface area (TPSA) is 27.7 Å². The second-order valence-corrected chi connectivity index (χ2v) is 5.67. The van der Waals surface area contributed by atoms with E-state index < -0.39 is 0 Å². The number of benzene rings is 2. The first-order chi connectivity index (χ1) is 11.3. The van der Waals surface area contributed by atoms with E-state index in [0.717, 1.165) is 29.7 Å². The fourth-order valence-electron chi connectivity index (χ4n) is 2.96. The highest BCUT2D eigenvalue weighted by Gasteiger charge is 2.21. The zero-order chi connectivity index (χ0) is 16.1. The lowest BCUT2D eigenvalue weighted by Gasteiger charge is -2.18. The van der Waals surface area contributed by atoms with Crippen molar-refractivity contribution in [2.75, 3.05) is 13.2 Å². The lowest BCUT2D eigenvalue weighted by Crippen LogP contribution is -2.07. The van der Waals surface area contributed by atoms with Crippen molar-refractivity contribution >= 4 is 0 Å². The number of aryl methyl sites for hydroxylation is 2. The van der Waals surface area contributed by atoms with Crippen molar-refractivity contribution in [1.82, 2.24) is 0 Å². The maximum atomic E-state index is 6.23. The standard InChI is InChI=1S/C20H24O3/c1-3-15-9-7-10-16(4-2)19(15)23-14-17-8-5-6-11-18(17)20-21-12-13-22-20/h5-11,20H,3-4,12-14H2,1-2H3. The molecule has 1 fully saturated rings. The molecule has 0 aliphatic carbocycles. The van der Waals surface area contributed by atoms with Crippen LogP contribution in [-0.4, -0.2) is 13.2 Å². The molecule has 0 N–H and O–H groups in total. The smallest absolute Gasteiger partial charge is 0.184 e. The van der Waals surface area contributed by atoms with Gasteiger partial charge in [-0.05, 0) is 29.5 Å². The summed E-state index contributed by atoms with van der Waals surface area (Å²) in [6.45, 7) is 6.16. The van der Waals surface area contributed by atoms with Crippen LogP contribution in [0.15, 0.2) is 42.5 Å². The SMILES string of the molecule is CCc1cccc(CC)c1OCc1ccccc1C1OCCO1. The minimum absolute atomic E-state index is 0.262. The first-order valence-electron chi connectivity index (χ1n) is 8.38. The quantitative estimate of drug-likeness (QED) is 0.789. The molecule has 0 aromatic heterocycles. The number of ether oxygens (including phenoxy) is 3. The highest BCUT2D eigenvalue weighted by atomic mass is 16.7. The number of rotatable bonds is 6. The van der Waals surface area contributed by atoms with E-state index in [1.165, 1.54) is 11.1 Å². The first kappa shape index (κ1) is 16.0. The molecule has 0 saturated carbocycles. The van der Waals surface area contributed by atoms with E-state index in [2.05, 4.69) is 44.2 Å². The molecule has 23 heavy (non-hydrogen) atoms. The van der Waals surface area contributed by atoms with Crippen LogP contribution in [0.4, 0.5) is 0 Å². The Morgan fingerprint density at radius 1 is 0.870 bits per heavy atom. The molecule has 0 unspecified atom stereocenters. The first-order valence-corrected chi connectivity index (χ1v) is 8.38. The minimum atomic E-state index is -0.262. The van der Waals surface area contributed by atoms with E-state index in [9.17, 15) is 0 Å². The fraction of sp³-hybridized carbons (Fsp3) is 0.400. The molecule has 1 aliphatic heterocycles. The van der Waals surface area contributed by atoms with Crippen LogP contribution in [0.3, 0.4) is 0 Å². The van der Waals surface area contributed by atoms with Crippen LogP contribution < -0.4 is 4.74 Å². The molecule has 0 spiro atoms. The van der Waals surface area contributed by atoms with Crippen molar-refractivity contribution in [1.29, 1.82) is 0 Å². The molecule has 1 heterocycles. The Morgan fingerprint density at radius 3 is 2.13 bits per heavy atom. The predicted octanol–water partition coefficient (Wildman–Crippen LogP) is 4.44. The zero-order valence-electron chi connectivity index (χ0n) is 13.9. The highest BCUT2D eigenvalue weighted by molar-refractivity contribution is 5.42. The summed E-state index contributed by atoms with van der Waals surface area (Å²) in [5.41, 5.74) is 4.70. The third-order valence-electron chi connectivity index (χ3n) is 4.24. The number of hydrogen-bond donors (Lipinski definition) is 0. The van der Waals surface area contributed by atoms with Crippen molar-refractivity contribution in [3.63, 3.8) is 0 Å². The van der Waals surface area contributed by atoms with Crippen LogP contribution in [0.25, 0.3) is 0 Å². The van der Waals surface area contributed by atoms with E-state index in [0.29, 0.717) is 19.8 Å². The van der Waals surface area contributed by atoms with Gasteiger partial charge in [0.25, 0.3) is 0 Å². The predicted molar refractivity (Wildman–Crippen MR) is 90.6 cm³/mol. The van der Waals surface area contributed by atoms with Gasteiger partial charge in [0.1, 0.15) is 12.4 Å². The van der Waals surface area contributed by atoms with Gasteiger partial charge in [-0.3, -0.25) is 0 Å². The lowest BCUT2D eigenvalue weighted by molar-refractivity contribution is -0.0451. The molecule has 3 rings (SSSR count). The molecule has 2 aromatic rings. The van der Waals surface area contributed by atoms with Crippen molar-refractivity contribution in [3.05, 3.63) is 64.7 Å². The van der Waals surface area contributed by atoms with Gasteiger partial charge in [-0.2, -0.15) is 0 Å². The summed E-state index contributed by atoms with van der Waals surface area (Å²) in [7, 11) is 0. The average molecular weight is 312 g/mol. The minimum Gasteiger partial charge on any atom is -0.488 e. The van der Waals surface area contributed by atoms with Crippen molar-refractivity contribution in [2.24, 2.45) is 0 Å². The Bertz CT molecular complexity index is 623. The Kier molecular flexibility index (Phi) is 5.31. The second kappa shape index (κ2) is 7.62. The van der Waals surface area contributed by atoms with Gasteiger partial charge in [-0.25, -0.2) is 0 Å². The largest absolute Gasteiger partial charge is 0.488 e. The Morgan fingerprint density at radius 2 is 1.48 bits per heavy atom. The number of hydrogen-bond acceptors (Lipinski definition) is 3. The summed E-state index contributed by atoms with van der Waals surface area (Å²) in [5.74, 6) is 1.03. The fourth-order valence-corrected chi connectivity index (χ4v) is 2.96. The molecule has 0 amide bonds. The molecular formula is C20H24O3. The van der Waals surface area contributed by atoms with Crippen LogP contribution in [0.5, 0.6) is 5.75 Å². The van der Waals surface area contributed by atoms with Crippen molar-refractivity contribution in [3.8, 4) is 5.75 Å². The molecule has 0 atom stereocenters. The monoisotopic (exact) mass is 312 g/mol. The van der Waals surface area contributed by atoms with Gasteiger partial charge in [-0.1, -0.05) is 56.3 Å². The molecule has 1 saturated heterocycles. The molecular weight excluding hydrogens is 288 g/mol. The summed E-state index contributed by atoms with van der Waals surface area (Å²) >= 11 is 0. The molecule has 0 radical (unpaired) electrons. The van der Waals surface area contributed by atoms with Gasteiger partial charge in [0.2, 0.25) is 0 Å². The van der Waals surface area contributed by atoms with Gasteiger partial charge in [0.15, 0.2) is 6.29 Å². The van der Waals surface area contributed by atoms with Crippen LogP contribution in [0.1, 0.15) is 42.4 Å². The number of para-hydroxylation sites is 1. The summed E-state index contributed by atoms with van der Waals surface area (Å²) < 4.78 is 17.5. The van der Waals surface area contributed by atoms with Gasteiger partial charge in [0.05, 0.1) is 13.2 Å². The molecule has 3 heteroatoms. The molecule has 122 valence electrons. The summed E-state index contributed by atoms with van der Waals surface area (Å²) in [6, 6.07) is 14.6. The Labute approximate surface area is 138 Å². The highest BCUT2D eigenvalue weighted by Crippen LogP contribution is 2.29. The van der Waals surface area contributed by atoms with Gasteiger partial charge in [0, 0.05) is 5.56 Å². The third kappa shape index (κ3) is 3.57. The van der Waals surface area contributed by atoms with Crippen molar-refractivity contribution in [2.45, 2.75) is 39.6 Å². The molecule has 0 bridgehead atoms. The van der Waals surface area contributed by atoms with Crippen LogP contribution in [0, 0.1) is 0 Å². The normalized spacial score (nSPS) is 15.0. The van der Waals surface area contributed by atoms with E-state index in [-0.39, 0.29) is 6.29 Å². The second-order valence-electron chi connectivity index (χ2n) is 5.67. The van der Waals surface area contributed by atoms with Crippen molar-refractivity contribution < 1.29 is 14.2 Å². The van der Waals surface area contributed by atoms with Crippen LogP contribution in [-0.2, 0) is 28.9 Å². The third-order valence-corrected chi connectivity index (χ3v) is 4.24. The maximum Gasteiger partial charge on any atom is 0.184 e. The Hall–Kier alpha value is -1.84. The van der Waals surface area contributed by atoms with Gasteiger partial charge < -0.3 is 14.2 Å². The van der Waals surface area contributed by atoms with Crippen LogP contribution in [0.2, 0.25) is 0 Å². The zero-order valence-corrected chi connectivity index (χ0v) is 13.9. The summed E-state index contributed by atoms with van der Waals surface area (Å²) in [4.78, 5) is 0. The lowest BCUT2D eigenvalue weighted by atomic mass is 10.0. The molecule has 3 nitrogen and oxygen atoms in total. The molecule has 1 aliphatic rings. The van der Waals surface area contributed by atoms with Gasteiger partial charge in [-0.15, -0.1) is 0 Å². The molecule has 2 aromatic carbocycles. The summed E-state index contributed by atoms with van der Waals surface area (Å²) in [5, 5.41) is 0. The van der Waals surface area contributed by atoms with E-state index >= 15 is 0 Å². The van der Waals surface area contributed by atoms with E-state index in [4.69, 9.17) is 14.2 Å². The van der Waals surface area contributed by atoms with Crippen LogP contribution >= 0.6 is 0 Å². The van der Waals surface area contributed by atoms with E-state index in [1.54, 1.807) is 0 Å². The summed E-state index contributed by atoms with van der Waals surface area (Å²) in [6.07, 6.45) is 1.68.